The molecule has 1 aromatic carbocycles. The van der Waals surface area contributed by atoms with Crippen molar-refractivity contribution in [1.29, 1.82) is 0 Å². The monoisotopic (exact) mass is 242 g/mol. The normalized spacial score (nSPS) is 10.9. The molecule has 0 saturated heterocycles. The van der Waals surface area contributed by atoms with E-state index in [0.717, 1.165) is 16.5 Å². The van der Waals surface area contributed by atoms with Gasteiger partial charge >= 0.3 is 5.97 Å². The Kier molecular flexibility index (Phi) is 2.37. The van der Waals surface area contributed by atoms with Crippen LogP contribution in [-0.4, -0.2) is 21.0 Å². The Bertz CT molecular complexity index is 712. The summed E-state index contributed by atoms with van der Waals surface area (Å²) in [7, 11) is 0. The van der Waals surface area contributed by atoms with Gasteiger partial charge in [0.15, 0.2) is 0 Å². The van der Waals surface area contributed by atoms with Crippen LogP contribution in [0.4, 0.5) is 0 Å². The van der Waals surface area contributed by atoms with Crippen molar-refractivity contribution in [2.75, 3.05) is 0 Å². The summed E-state index contributed by atoms with van der Waals surface area (Å²) in [5, 5.41) is 9.69. The Morgan fingerprint density at radius 1 is 1.39 bits per heavy atom. The van der Waals surface area contributed by atoms with Crippen LogP contribution < -0.4 is 0 Å². The van der Waals surface area contributed by atoms with Crippen molar-refractivity contribution in [3.05, 3.63) is 42.4 Å². The molecule has 90 valence electrons. The molecule has 5 heteroatoms. The second kappa shape index (κ2) is 4.03. The number of aromatic nitrogens is 2. The molecule has 5 nitrogen and oxygen atoms in total. The standard InChI is InChI=1S/C13H10N2O3/c16-12(17)5-8-7-18-13(15-8)10-6-14-11-4-2-1-3-9(10)11/h1-4,6-7,14H,5H2,(H,16,17). The van der Waals surface area contributed by atoms with Crippen LogP contribution in [-0.2, 0) is 11.2 Å². The molecule has 0 bridgehead atoms. The molecule has 0 fully saturated rings. The summed E-state index contributed by atoms with van der Waals surface area (Å²) in [4.78, 5) is 17.9. The Morgan fingerprint density at radius 3 is 3.06 bits per heavy atom. The van der Waals surface area contributed by atoms with Gasteiger partial charge in [-0.1, -0.05) is 18.2 Å². The Balaban J connectivity index is 2.04. The molecule has 0 saturated carbocycles. The van der Waals surface area contributed by atoms with E-state index in [1.54, 1.807) is 6.20 Å². The maximum absolute atomic E-state index is 10.6. The number of fused-ring (bicyclic) bond motifs is 1. The van der Waals surface area contributed by atoms with Gasteiger partial charge < -0.3 is 14.5 Å². The molecule has 0 radical (unpaired) electrons. The zero-order valence-electron chi connectivity index (χ0n) is 9.38. The van der Waals surface area contributed by atoms with Crippen LogP contribution in [0, 0.1) is 0 Å². The van der Waals surface area contributed by atoms with Crippen molar-refractivity contribution in [2.24, 2.45) is 0 Å². The lowest BCUT2D eigenvalue weighted by Gasteiger charge is -1.92. The second-order valence-corrected chi connectivity index (χ2v) is 3.96. The lowest BCUT2D eigenvalue weighted by atomic mass is 10.2. The number of carboxylic acid groups (broad SMARTS) is 1. The highest BCUT2D eigenvalue weighted by atomic mass is 16.4. The number of oxazole rings is 1. The van der Waals surface area contributed by atoms with E-state index in [-0.39, 0.29) is 6.42 Å². The highest BCUT2D eigenvalue weighted by molar-refractivity contribution is 5.93. The van der Waals surface area contributed by atoms with E-state index in [1.807, 2.05) is 24.3 Å². The second-order valence-electron chi connectivity index (χ2n) is 3.96. The number of carbonyl (C=O) groups is 1. The van der Waals surface area contributed by atoms with Gasteiger partial charge in [0.2, 0.25) is 5.89 Å². The minimum atomic E-state index is -0.922. The number of aromatic amines is 1. The number of H-pyrrole nitrogens is 1. The number of rotatable bonds is 3. The summed E-state index contributed by atoms with van der Waals surface area (Å²) >= 11 is 0. The van der Waals surface area contributed by atoms with Crippen molar-refractivity contribution < 1.29 is 14.3 Å². The summed E-state index contributed by atoms with van der Waals surface area (Å²) in [6.07, 6.45) is 3.05. The molecule has 0 aliphatic rings. The van der Waals surface area contributed by atoms with Crippen molar-refractivity contribution >= 4 is 16.9 Å². The minimum absolute atomic E-state index is 0.133. The van der Waals surface area contributed by atoms with Crippen LogP contribution in [0.2, 0.25) is 0 Å². The zero-order valence-corrected chi connectivity index (χ0v) is 9.38. The van der Waals surface area contributed by atoms with Gasteiger partial charge in [-0.25, -0.2) is 4.98 Å². The summed E-state index contributed by atoms with van der Waals surface area (Å²) in [6.45, 7) is 0. The van der Waals surface area contributed by atoms with Gasteiger partial charge in [-0.15, -0.1) is 0 Å². The van der Waals surface area contributed by atoms with Gasteiger partial charge in [0.25, 0.3) is 0 Å². The molecule has 2 aromatic heterocycles. The van der Waals surface area contributed by atoms with Gasteiger partial charge in [0.1, 0.15) is 6.26 Å². The third kappa shape index (κ3) is 1.75. The third-order valence-electron chi connectivity index (χ3n) is 2.70. The summed E-state index contributed by atoms with van der Waals surface area (Å²) in [5.74, 6) is -0.488. The molecule has 2 N–H and O–H groups in total. The van der Waals surface area contributed by atoms with Gasteiger partial charge in [-0.3, -0.25) is 4.79 Å². The molecule has 0 aliphatic carbocycles. The van der Waals surface area contributed by atoms with Crippen LogP contribution in [0.1, 0.15) is 5.69 Å². The molecular formula is C13H10N2O3. The first-order valence-corrected chi connectivity index (χ1v) is 5.47. The first-order valence-electron chi connectivity index (χ1n) is 5.47. The van der Waals surface area contributed by atoms with E-state index in [0.29, 0.717) is 11.6 Å². The number of carboxylic acids is 1. The zero-order chi connectivity index (χ0) is 12.5. The number of hydrogen-bond donors (Lipinski definition) is 2. The lowest BCUT2D eigenvalue weighted by molar-refractivity contribution is -0.136. The maximum Gasteiger partial charge on any atom is 0.309 e. The van der Waals surface area contributed by atoms with Gasteiger partial charge in [0.05, 0.1) is 17.7 Å². The van der Waals surface area contributed by atoms with Crippen LogP contribution >= 0.6 is 0 Å². The summed E-state index contributed by atoms with van der Waals surface area (Å²) < 4.78 is 5.32. The third-order valence-corrected chi connectivity index (χ3v) is 2.70. The molecule has 2 heterocycles. The fourth-order valence-corrected chi connectivity index (χ4v) is 1.92. The first kappa shape index (κ1) is 10.6. The molecular weight excluding hydrogens is 232 g/mol. The molecule has 3 rings (SSSR count). The fourth-order valence-electron chi connectivity index (χ4n) is 1.92. The average Bonchev–Trinajstić information content (AvgIpc) is 2.94. The van der Waals surface area contributed by atoms with Gasteiger partial charge in [0, 0.05) is 17.1 Å². The minimum Gasteiger partial charge on any atom is -0.481 e. The van der Waals surface area contributed by atoms with Crippen LogP contribution in [0.15, 0.2) is 41.1 Å². The molecule has 18 heavy (non-hydrogen) atoms. The number of nitrogens with one attached hydrogen (secondary N) is 1. The van der Waals surface area contributed by atoms with Crippen LogP contribution in [0.5, 0.6) is 0 Å². The Hall–Kier alpha value is -2.56. The fraction of sp³-hybridized carbons (Fsp3) is 0.0769. The highest BCUT2D eigenvalue weighted by Gasteiger charge is 2.12. The number of para-hydroxylation sites is 1. The van der Waals surface area contributed by atoms with E-state index >= 15 is 0 Å². The van der Waals surface area contributed by atoms with Gasteiger partial charge in [-0.05, 0) is 6.07 Å². The van der Waals surface area contributed by atoms with Crippen molar-refractivity contribution in [3.8, 4) is 11.5 Å². The molecule has 0 unspecified atom stereocenters. The van der Waals surface area contributed by atoms with E-state index in [2.05, 4.69) is 9.97 Å². The molecule has 0 amide bonds. The predicted octanol–water partition coefficient (Wildman–Crippen LogP) is 2.45. The predicted molar refractivity (Wildman–Crippen MR) is 65.1 cm³/mol. The van der Waals surface area contributed by atoms with Crippen molar-refractivity contribution in [3.63, 3.8) is 0 Å². The largest absolute Gasteiger partial charge is 0.481 e. The highest BCUT2D eigenvalue weighted by Crippen LogP contribution is 2.27. The molecule has 0 spiro atoms. The summed E-state index contributed by atoms with van der Waals surface area (Å²) in [5.41, 5.74) is 2.25. The topological polar surface area (TPSA) is 79.1 Å². The van der Waals surface area contributed by atoms with E-state index in [9.17, 15) is 4.79 Å². The Labute approximate surface area is 102 Å². The van der Waals surface area contributed by atoms with E-state index in [1.165, 1.54) is 6.26 Å². The molecule has 3 aromatic rings. The van der Waals surface area contributed by atoms with E-state index < -0.39 is 5.97 Å². The number of hydrogen-bond acceptors (Lipinski definition) is 3. The number of nitrogens with zero attached hydrogens (tertiary/aromatic N) is 1. The SMILES string of the molecule is O=C(O)Cc1coc(-c2c[nH]c3ccccc23)n1. The lowest BCUT2D eigenvalue weighted by Crippen LogP contribution is -1.99. The average molecular weight is 242 g/mol. The Morgan fingerprint density at radius 2 is 2.22 bits per heavy atom. The smallest absolute Gasteiger partial charge is 0.309 e. The van der Waals surface area contributed by atoms with Crippen LogP contribution in [0.25, 0.3) is 22.4 Å². The number of benzene rings is 1. The summed E-state index contributed by atoms with van der Waals surface area (Å²) in [6, 6.07) is 7.79. The van der Waals surface area contributed by atoms with Crippen molar-refractivity contribution in [1.82, 2.24) is 9.97 Å². The number of aliphatic carboxylic acids is 1. The van der Waals surface area contributed by atoms with Crippen LogP contribution in [0.3, 0.4) is 0 Å². The maximum atomic E-state index is 10.6. The van der Waals surface area contributed by atoms with Crippen molar-refractivity contribution in [2.45, 2.75) is 6.42 Å². The first-order chi connectivity index (χ1) is 8.74. The quantitative estimate of drug-likeness (QED) is 0.739. The molecule has 0 aliphatic heterocycles. The van der Waals surface area contributed by atoms with Gasteiger partial charge in [-0.2, -0.15) is 0 Å². The van der Waals surface area contributed by atoms with E-state index in [4.69, 9.17) is 9.52 Å². The molecule has 0 atom stereocenters.